The summed E-state index contributed by atoms with van der Waals surface area (Å²) in [4.78, 5) is 2.36. The highest BCUT2D eigenvalue weighted by Crippen LogP contribution is 2.20. The molecule has 2 rings (SSSR count). The van der Waals surface area contributed by atoms with Crippen molar-refractivity contribution in [1.82, 2.24) is 0 Å². The summed E-state index contributed by atoms with van der Waals surface area (Å²) >= 11 is 5.44. The molecule has 0 fully saturated rings. The lowest BCUT2D eigenvalue weighted by atomic mass is 10.1. The van der Waals surface area contributed by atoms with Gasteiger partial charge in [0.25, 0.3) is 0 Å². The molecule has 0 atom stereocenters. The molecule has 0 aliphatic carbocycles. The first-order chi connectivity index (χ1) is 12.5. The smallest absolute Gasteiger partial charge is 0.175 e. The minimum atomic E-state index is 0.488. The zero-order valence-corrected chi connectivity index (χ0v) is 17.2. The van der Waals surface area contributed by atoms with Gasteiger partial charge in [-0.2, -0.15) is 0 Å². The van der Waals surface area contributed by atoms with Crippen LogP contribution in [0.2, 0.25) is 0 Å². The molecule has 26 heavy (non-hydrogen) atoms. The molecule has 0 radical (unpaired) electrons. The Morgan fingerprint density at radius 1 is 0.923 bits per heavy atom. The van der Waals surface area contributed by atoms with Crippen LogP contribution in [0.1, 0.15) is 46.1 Å². The van der Waals surface area contributed by atoms with E-state index in [2.05, 4.69) is 91.8 Å². The number of nitrogens with zero attached hydrogens (tertiary/aromatic N) is 1. The minimum Gasteiger partial charge on any atom is -0.369 e. The molecule has 0 heterocycles. The van der Waals surface area contributed by atoms with Crippen molar-refractivity contribution in [3.63, 3.8) is 0 Å². The average molecular weight is 370 g/mol. The predicted molar refractivity (Wildman–Crippen MR) is 119 cm³/mol. The molecule has 2 aromatic carbocycles. The van der Waals surface area contributed by atoms with Crippen LogP contribution in [-0.4, -0.2) is 17.7 Å². The van der Waals surface area contributed by atoms with Crippen molar-refractivity contribution in [1.29, 1.82) is 0 Å². The zero-order chi connectivity index (χ0) is 18.9. The number of rotatable bonds is 8. The molecule has 0 bridgehead atoms. The Bertz CT molecular complexity index is 678. The maximum atomic E-state index is 5.44. The fourth-order valence-corrected chi connectivity index (χ4v) is 3.25. The van der Waals surface area contributed by atoms with Crippen LogP contribution in [0, 0.1) is 0 Å². The van der Waals surface area contributed by atoms with E-state index in [1.54, 1.807) is 0 Å². The van der Waals surface area contributed by atoms with Gasteiger partial charge >= 0.3 is 0 Å². The molecule has 4 heteroatoms. The molecule has 0 amide bonds. The van der Waals surface area contributed by atoms with Gasteiger partial charge in [-0.15, -0.1) is 0 Å². The van der Waals surface area contributed by atoms with E-state index in [1.165, 1.54) is 24.1 Å². The molecule has 2 aromatic rings. The number of anilines is 3. The number of aryl methyl sites for hydroxylation is 1. The van der Waals surface area contributed by atoms with Crippen LogP contribution in [0.3, 0.4) is 0 Å². The summed E-state index contributed by atoms with van der Waals surface area (Å²) in [7, 11) is 0. The van der Waals surface area contributed by atoms with Gasteiger partial charge in [0.15, 0.2) is 5.11 Å². The Morgan fingerprint density at radius 3 is 1.92 bits per heavy atom. The summed E-state index contributed by atoms with van der Waals surface area (Å²) < 4.78 is 0. The fraction of sp³-hybridized carbons (Fsp3) is 0.409. The summed E-state index contributed by atoms with van der Waals surface area (Å²) in [5.41, 5.74) is 4.61. The molecular formula is C22H31N3S. The summed E-state index contributed by atoms with van der Waals surface area (Å²) in [6.07, 6.45) is 3.59. The van der Waals surface area contributed by atoms with E-state index in [1.807, 2.05) is 0 Å². The van der Waals surface area contributed by atoms with Crippen LogP contribution in [-0.2, 0) is 6.42 Å². The van der Waals surface area contributed by atoms with Crippen LogP contribution in [0.4, 0.5) is 17.1 Å². The summed E-state index contributed by atoms with van der Waals surface area (Å²) in [5, 5.41) is 7.11. The van der Waals surface area contributed by atoms with Gasteiger partial charge in [-0.3, -0.25) is 0 Å². The molecule has 2 N–H and O–H groups in total. The van der Waals surface area contributed by atoms with Crippen LogP contribution in [0.5, 0.6) is 0 Å². The first kappa shape index (κ1) is 20.2. The van der Waals surface area contributed by atoms with Crippen molar-refractivity contribution in [3.8, 4) is 0 Å². The topological polar surface area (TPSA) is 27.3 Å². The van der Waals surface area contributed by atoms with Crippen molar-refractivity contribution >= 4 is 34.4 Å². The number of nitrogens with one attached hydrogen (secondary N) is 2. The lowest BCUT2D eigenvalue weighted by molar-refractivity contribution is 0.704. The van der Waals surface area contributed by atoms with Crippen molar-refractivity contribution in [3.05, 3.63) is 54.1 Å². The Hall–Kier alpha value is -2.07. The Kier molecular flexibility index (Phi) is 7.92. The first-order valence-electron chi connectivity index (χ1n) is 9.57. The third kappa shape index (κ3) is 6.03. The SMILES string of the molecule is CCCCc1ccc(NC(=S)Nc2ccc(N(CC)C(C)C)cc2)cc1. The van der Waals surface area contributed by atoms with E-state index in [9.17, 15) is 0 Å². The molecule has 0 aliphatic rings. The summed E-state index contributed by atoms with van der Waals surface area (Å²) in [5.74, 6) is 0. The average Bonchev–Trinajstić information content (AvgIpc) is 2.63. The van der Waals surface area contributed by atoms with Crippen LogP contribution >= 0.6 is 12.2 Å². The second kappa shape index (κ2) is 10.2. The number of unbranched alkanes of at least 4 members (excludes halogenated alkanes) is 1. The number of hydrogen-bond acceptors (Lipinski definition) is 2. The first-order valence-corrected chi connectivity index (χ1v) is 9.98. The molecule has 0 aromatic heterocycles. The molecule has 0 unspecified atom stereocenters. The Balaban J connectivity index is 1.91. The largest absolute Gasteiger partial charge is 0.369 e. The van der Waals surface area contributed by atoms with E-state index in [0.29, 0.717) is 11.2 Å². The van der Waals surface area contributed by atoms with Crippen LogP contribution < -0.4 is 15.5 Å². The highest BCUT2D eigenvalue weighted by atomic mass is 32.1. The highest BCUT2D eigenvalue weighted by molar-refractivity contribution is 7.80. The summed E-state index contributed by atoms with van der Waals surface area (Å²) in [6, 6.07) is 17.4. The zero-order valence-electron chi connectivity index (χ0n) is 16.4. The van der Waals surface area contributed by atoms with E-state index < -0.39 is 0 Å². The van der Waals surface area contributed by atoms with Gasteiger partial charge in [0.05, 0.1) is 0 Å². The Morgan fingerprint density at radius 2 is 1.46 bits per heavy atom. The number of hydrogen-bond donors (Lipinski definition) is 2. The normalized spacial score (nSPS) is 10.7. The minimum absolute atomic E-state index is 0.488. The van der Waals surface area contributed by atoms with E-state index in [4.69, 9.17) is 12.2 Å². The van der Waals surface area contributed by atoms with Gasteiger partial charge in [0.2, 0.25) is 0 Å². The molecule has 3 nitrogen and oxygen atoms in total. The maximum Gasteiger partial charge on any atom is 0.175 e. The number of thiocarbonyl (C=S) groups is 1. The molecule has 140 valence electrons. The van der Waals surface area contributed by atoms with Crippen LogP contribution in [0.15, 0.2) is 48.5 Å². The van der Waals surface area contributed by atoms with Gasteiger partial charge in [0.1, 0.15) is 0 Å². The molecule has 0 saturated heterocycles. The molecule has 0 spiro atoms. The van der Waals surface area contributed by atoms with Crippen LogP contribution in [0.25, 0.3) is 0 Å². The van der Waals surface area contributed by atoms with Crippen molar-refractivity contribution in [2.75, 3.05) is 22.1 Å². The standard InChI is InChI=1S/C22H31N3S/c1-5-7-8-18-9-11-19(12-10-18)23-22(26)24-20-13-15-21(16-14-20)25(6-2)17(3)4/h9-17H,5-8H2,1-4H3,(H2,23,24,26). The molecule has 0 aliphatic heterocycles. The second-order valence-corrected chi connectivity index (χ2v) is 7.21. The third-order valence-electron chi connectivity index (χ3n) is 4.45. The monoisotopic (exact) mass is 369 g/mol. The second-order valence-electron chi connectivity index (χ2n) is 6.81. The Labute approximate surface area is 163 Å². The van der Waals surface area contributed by atoms with E-state index >= 15 is 0 Å². The van der Waals surface area contributed by atoms with Gasteiger partial charge in [0, 0.05) is 29.6 Å². The summed E-state index contributed by atoms with van der Waals surface area (Å²) in [6.45, 7) is 9.82. The highest BCUT2D eigenvalue weighted by Gasteiger charge is 2.08. The van der Waals surface area contributed by atoms with Gasteiger partial charge < -0.3 is 15.5 Å². The quantitative estimate of drug-likeness (QED) is 0.552. The fourth-order valence-electron chi connectivity index (χ4n) is 3.01. The third-order valence-corrected chi connectivity index (χ3v) is 4.66. The van der Waals surface area contributed by atoms with Crippen molar-refractivity contribution in [2.45, 2.75) is 53.0 Å². The van der Waals surface area contributed by atoms with Crippen molar-refractivity contribution < 1.29 is 0 Å². The molecule has 0 saturated carbocycles. The maximum absolute atomic E-state index is 5.44. The predicted octanol–water partition coefficient (Wildman–Crippen LogP) is 6.07. The van der Waals surface area contributed by atoms with Crippen molar-refractivity contribution in [2.24, 2.45) is 0 Å². The lowest BCUT2D eigenvalue weighted by Gasteiger charge is -2.27. The number of benzene rings is 2. The van der Waals surface area contributed by atoms with Gasteiger partial charge in [-0.05, 0) is 87.8 Å². The van der Waals surface area contributed by atoms with Gasteiger partial charge in [-0.25, -0.2) is 0 Å². The lowest BCUT2D eigenvalue weighted by Crippen LogP contribution is -2.30. The van der Waals surface area contributed by atoms with E-state index in [0.717, 1.165) is 24.3 Å². The molecular weight excluding hydrogens is 338 g/mol. The van der Waals surface area contributed by atoms with E-state index in [-0.39, 0.29) is 0 Å². The van der Waals surface area contributed by atoms with Gasteiger partial charge in [-0.1, -0.05) is 25.5 Å².